The molecule has 0 saturated carbocycles. The Bertz CT molecular complexity index is 490. The Morgan fingerprint density at radius 1 is 1.57 bits per heavy atom. The fourth-order valence-corrected chi connectivity index (χ4v) is 3.38. The maximum Gasteiger partial charge on any atom is 0.150 e. The van der Waals surface area contributed by atoms with Gasteiger partial charge in [-0.2, -0.15) is 0 Å². The predicted molar refractivity (Wildman–Crippen MR) is 65.9 cm³/mol. The third-order valence-corrected chi connectivity index (χ3v) is 4.21. The van der Waals surface area contributed by atoms with Crippen LogP contribution in [-0.4, -0.2) is 11.4 Å². The van der Waals surface area contributed by atoms with Gasteiger partial charge in [0.2, 0.25) is 0 Å². The van der Waals surface area contributed by atoms with Gasteiger partial charge in [-0.05, 0) is 40.1 Å². The minimum absolute atomic E-state index is 0.0852. The molecule has 0 amide bonds. The van der Waals surface area contributed by atoms with Gasteiger partial charge in [-0.3, -0.25) is 4.79 Å². The molecule has 0 radical (unpaired) electrons. The van der Waals surface area contributed by atoms with Gasteiger partial charge in [0.1, 0.15) is 0 Å². The number of thiophene rings is 1. The van der Waals surface area contributed by atoms with Crippen molar-refractivity contribution in [3.05, 3.63) is 32.2 Å². The molecule has 0 spiro atoms. The molecule has 0 saturated heterocycles. The lowest BCUT2D eigenvalue weighted by atomic mass is 10.1. The Morgan fingerprint density at radius 3 is 3.00 bits per heavy atom. The first-order valence-corrected chi connectivity index (χ1v) is 5.98. The normalized spacial score (nSPS) is 10.7. The number of hydrogen-bond donors (Lipinski definition) is 1. The first kappa shape index (κ1) is 10.1. The smallest absolute Gasteiger partial charge is 0.150 e. The van der Waals surface area contributed by atoms with Crippen LogP contribution in [0.5, 0.6) is 0 Å². The van der Waals surface area contributed by atoms with Gasteiger partial charge in [-0.25, -0.2) is 0 Å². The maximum absolute atomic E-state index is 10.8. The van der Waals surface area contributed by atoms with Crippen LogP contribution in [-0.2, 0) is 6.61 Å². The highest BCUT2D eigenvalue weighted by Crippen LogP contribution is 2.30. The molecule has 2 nitrogen and oxygen atoms in total. The summed E-state index contributed by atoms with van der Waals surface area (Å²) in [6.07, 6.45) is 0.798. The average molecular weight is 318 g/mol. The van der Waals surface area contributed by atoms with Crippen molar-refractivity contribution >= 4 is 50.3 Å². The molecule has 0 fully saturated rings. The summed E-state index contributed by atoms with van der Waals surface area (Å²) < 4.78 is 2.07. The van der Waals surface area contributed by atoms with E-state index in [0.717, 1.165) is 25.5 Å². The second-order valence-corrected chi connectivity index (χ2v) is 4.89. The molecule has 0 aliphatic rings. The predicted octanol–water partition coefficient (Wildman–Crippen LogP) is 2.81. The Kier molecular flexibility index (Phi) is 2.85. The number of aliphatic hydroxyl groups excluding tert-OH is 1. The molecule has 1 aromatic carbocycles. The Hall–Kier alpha value is -0.460. The minimum Gasteiger partial charge on any atom is -0.392 e. The Balaban J connectivity index is 2.85. The molecular formula is C10H7IO2S. The van der Waals surface area contributed by atoms with Crippen LogP contribution < -0.4 is 0 Å². The van der Waals surface area contributed by atoms with Crippen molar-refractivity contribution in [2.24, 2.45) is 0 Å². The van der Waals surface area contributed by atoms with Gasteiger partial charge in [0.15, 0.2) is 6.29 Å². The van der Waals surface area contributed by atoms with E-state index in [1.165, 1.54) is 0 Å². The van der Waals surface area contributed by atoms with Crippen LogP contribution >= 0.6 is 33.9 Å². The van der Waals surface area contributed by atoms with E-state index in [0.29, 0.717) is 5.56 Å². The van der Waals surface area contributed by atoms with Crippen LogP contribution in [0, 0.1) is 3.57 Å². The van der Waals surface area contributed by atoms with Crippen molar-refractivity contribution in [2.45, 2.75) is 6.61 Å². The lowest BCUT2D eigenvalue weighted by Gasteiger charge is -2.05. The van der Waals surface area contributed by atoms with E-state index in [9.17, 15) is 4.79 Å². The number of carbonyl (C=O) groups excluding carboxylic acids is 1. The van der Waals surface area contributed by atoms with E-state index in [-0.39, 0.29) is 6.61 Å². The molecule has 0 unspecified atom stereocenters. The zero-order valence-electron chi connectivity index (χ0n) is 7.16. The molecule has 0 bridgehead atoms. The van der Waals surface area contributed by atoms with E-state index >= 15 is 0 Å². The van der Waals surface area contributed by atoms with Crippen LogP contribution in [0.15, 0.2) is 17.5 Å². The summed E-state index contributed by atoms with van der Waals surface area (Å²) in [6, 6.07) is 3.84. The van der Waals surface area contributed by atoms with Crippen molar-refractivity contribution in [2.75, 3.05) is 0 Å². The second kappa shape index (κ2) is 3.96. The highest BCUT2D eigenvalue weighted by atomic mass is 127. The van der Waals surface area contributed by atoms with Gasteiger partial charge in [0.25, 0.3) is 0 Å². The second-order valence-electron chi connectivity index (χ2n) is 2.87. The van der Waals surface area contributed by atoms with E-state index in [1.54, 1.807) is 11.3 Å². The van der Waals surface area contributed by atoms with E-state index in [1.807, 2.05) is 17.5 Å². The standard InChI is InChI=1S/C10H7IO2S/c11-10-7-1-2-14-9(7)3-6(4-12)8(10)5-13/h1-4,13H,5H2. The molecule has 14 heavy (non-hydrogen) atoms. The number of benzene rings is 1. The van der Waals surface area contributed by atoms with Crippen molar-refractivity contribution < 1.29 is 9.90 Å². The van der Waals surface area contributed by atoms with Gasteiger partial charge < -0.3 is 5.11 Å². The first-order chi connectivity index (χ1) is 6.77. The van der Waals surface area contributed by atoms with Gasteiger partial charge >= 0.3 is 0 Å². The summed E-state index contributed by atoms with van der Waals surface area (Å²) in [5, 5.41) is 12.3. The molecule has 1 aromatic heterocycles. The van der Waals surface area contributed by atoms with Crippen molar-refractivity contribution in [3.63, 3.8) is 0 Å². The molecule has 1 N–H and O–H groups in total. The Morgan fingerprint density at radius 2 is 2.36 bits per heavy atom. The summed E-state index contributed by atoms with van der Waals surface area (Å²) in [5.41, 5.74) is 1.32. The molecule has 72 valence electrons. The highest BCUT2D eigenvalue weighted by Gasteiger charge is 2.10. The summed E-state index contributed by atoms with van der Waals surface area (Å²) >= 11 is 3.78. The van der Waals surface area contributed by atoms with Gasteiger partial charge in [0, 0.05) is 24.8 Å². The fourth-order valence-electron chi connectivity index (χ4n) is 1.40. The first-order valence-electron chi connectivity index (χ1n) is 4.02. The zero-order chi connectivity index (χ0) is 10.1. The Labute approximate surface area is 98.7 Å². The molecule has 2 rings (SSSR count). The summed E-state index contributed by atoms with van der Waals surface area (Å²) in [5.74, 6) is 0. The third-order valence-electron chi connectivity index (χ3n) is 2.12. The summed E-state index contributed by atoms with van der Waals surface area (Å²) in [4.78, 5) is 10.8. The topological polar surface area (TPSA) is 37.3 Å². The van der Waals surface area contributed by atoms with Gasteiger partial charge in [0.05, 0.1) is 6.61 Å². The van der Waals surface area contributed by atoms with Crippen molar-refractivity contribution in [1.29, 1.82) is 0 Å². The van der Waals surface area contributed by atoms with E-state index in [2.05, 4.69) is 22.6 Å². The largest absolute Gasteiger partial charge is 0.392 e. The summed E-state index contributed by atoms with van der Waals surface area (Å²) in [6.45, 7) is -0.0852. The lowest BCUT2D eigenvalue weighted by molar-refractivity contribution is 0.112. The lowest BCUT2D eigenvalue weighted by Crippen LogP contribution is -1.96. The number of aliphatic hydroxyl groups is 1. The molecule has 0 aliphatic heterocycles. The molecular weight excluding hydrogens is 311 g/mol. The molecule has 1 heterocycles. The molecule has 0 atom stereocenters. The molecule has 0 aliphatic carbocycles. The maximum atomic E-state index is 10.8. The van der Waals surface area contributed by atoms with Crippen LogP contribution in [0.1, 0.15) is 15.9 Å². The molecule has 4 heteroatoms. The SMILES string of the molecule is O=Cc1cc2sccc2c(I)c1CO. The van der Waals surface area contributed by atoms with Gasteiger partial charge in [-0.15, -0.1) is 11.3 Å². The number of hydrogen-bond acceptors (Lipinski definition) is 3. The van der Waals surface area contributed by atoms with Crippen LogP contribution in [0.3, 0.4) is 0 Å². The highest BCUT2D eigenvalue weighted by molar-refractivity contribution is 14.1. The quantitative estimate of drug-likeness (QED) is 0.683. The van der Waals surface area contributed by atoms with Gasteiger partial charge in [-0.1, -0.05) is 0 Å². The number of rotatable bonds is 2. The zero-order valence-corrected chi connectivity index (χ0v) is 10.1. The molecule has 2 aromatic rings. The van der Waals surface area contributed by atoms with Crippen LogP contribution in [0.2, 0.25) is 0 Å². The van der Waals surface area contributed by atoms with E-state index < -0.39 is 0 Å². The number of aldehydes is 1. The monoisotopic (exact) mass is 318 g/mol. The average Bonchev–Trinajstić information content (AvgIpc) is 2.65. The van der Waals surface area contributed by atoms with Crippen LogP contribution in [0.4, 0.5) is 0 Å². The van der Waals surface area contributed by atoms with Crippen molar-refractivity contribution in [1.82, 2.24) is 0 Å². The number of carbonyl (C=O) groups is 1. The number of fused-ring (bicyclic) bond motifs is 1. The fraction of sp³-hybridized carbons (Fsp3) is 0.100. The third kappa shape index (κ3) is 1.47. The number of halogens is 1. The summed E-state index contributed by atoms with van der Waals surface area (Å²) in [7, 11) is 0. The van der Waals surface area contributed by atoms with E-state index in [4.69, 9.17) is 5.11 Å². The minimum atomic E-state index is -0.0852. The van der Waals surface area contributed by atoms with Crippen molar-refractivity contribution in [3.8, 4) is 0 Å². The van der Waals surface area contributed by atoms with Crippen LogP contribution in [0.25, 0.3) is 10.1 Å².